The number of furan rings is 1. The number of nitrogens with two attached hydrogens (primary N) is 1. The third-order valence-electron chi connectivity index (χ3n) is 4.88. The van der Waals surface area contributed by atoms with Crippen molar-refractivity contribution in [2.45, 2.75) is 20.3 Å². The van der Waals surface area contributed by atoms with Gasteiger partial charge in [0.05, 0.1) is 6.26 Å². The molecular formula is C19H21N5O3. The Morgan fingerprint density at radius 1 is 1.26 bits per heavy atom. The molecule has 0 spiro atoms. The summed E-state index contributed by atoms with van der Waals surface area (Å²) in [5.74, 6) is 0.554. The average Bonchev–Trinajstić information content (AvgIpc) is 3.28. The highest BCUT2D eigenvalue weighted by Gasteiger charge is 2.29. The summed E-state index contributed by atoms with van der Waals surface area (Å²) in [6, 6.07) is 5.16. The second kappa shape index (κ2) is 6.53. The molecule has 2 amide bonds. The predicted molar refractivity (Wildman–Crippen MR) is 98.1 cm³/mol. The minimum Gasteiger partial charge on any atom is -0.463 e. The van der Waals surface area contributed by atoms with Crippen LogP contribution in [0.5, 0.6) is 0 Å². The third kappa shape index (κ3) is 3.07. The second-order valence-corrected chi connectivity index (χ2v) is 7.31. The third-order valence-corrected chi connectivity index (χ3v) is 4.88. The van der Waals surface area contributed by atoms with Crippen LogP contribution < -0.4 is 5.73 Å². The van der Waals surface area contributed by atoms with Gasteiger partial charge in [0, 0.05) is 13.1 Å². The molecule has 3 aromatic heterocycles. The smallest absolute Gasteiger partial charge is 0.271 e. The van der Waals surface area contributed by atoms with Gasteiger partial charge in [0.25, 0.3) is 11.8 Å². The zero-order valence-corrected chi connectivity index (χ0v) is 15.3. The maximum atomic E-state index is 13.3. The second-order valence-electron chi connectivity index (χ2n) is 7.31. The highest BCUT2D eigenvalue weighted by atomic mass is 16.3. The molecule has 1 fully saturated rings. The molecular weight excluding hydrogens is 346 g/mol. The van der Waals surface area contributed by atoms with Crippen molar-refractivity contribution in [3.05, 3.63) is 42.2 Å². The first-order chi connectivity index (χ1) is 12.9. The van der Waals surface area contributed by atoms with Crippen molar-refractivity contribution < 1.29 is 14.0 Å². The van der Waals surface area contributed by atoms with Gasteiger partial charge in [-0.1, -0.05) is 13.8 Å². The fourth-order valence-electron chi connectivity index (χ4n) is 3.85. The molecule has 8 nitrogen and oxygen atoms in total. The highest BCUT2D eigenvalue weighted by molar-refractivity contribution is 5.99. The lowest BCUT2D eigenvalue weighted by atomic mass is 9.91. The number of fused-ring (bicyclic) bond motifs is 1. The van der Waals surface area contributed by atoms with Gasteiger partial charge in [0.1, 0.15) is 17.7 Å². The van der Waals surface area contributed by atoms with Crippen molar-refractivity contribution in [1.29, 1.82) is 0 Å². The van der Waals surface area contributed by atoms with Crippen LogP contribution in [0.2, 0.25) is 0 Å². The molecule has 2 unspecified atom stereocenters. The first-order valence-corrected chi connectivity index (χ1v) is 8.95. The van der Waals surface area contributed by atoms with E-state index in [-0.39, 0.29) is 17.2 Å². The highest BCUT2D eigenvalue weighted by Crippen LogP contribution is 2.26. The Labute approximate surface area is 156 Å². The molecule has 1 aliphatic heterocycles. The Balaban J connectivity index is 1.86. The van der Waals surface area contributed by atoms with Crippen LogP contribution in [0.1, 0.15) is 41.2 Å². The van der Waals surface area contributed by atoms with Crippen LogP contribution >= 0.6 is 0 Å². The maximum Gasteiger partial charge on any atom is 0.271 e. The molecule has 27 heavy (non-hydrogen) atoms. The quantitative estimate of drug-likeness (QED) is 0.764. The lowest BCUT2D eigenvalue weighted by Crippen LogP contribution is -2.43. The van der Waals surface area contributed by atoms with Gasteiger partial charge in [0.15, 0.2) is 17.1 Å². The van der Waals surface area contributed by atoms with Gasteiger partial charge in [-0.15, -0.1) is 0 Å². The number of amides is 2. The van der Waals surface area contributed by atoms with Gasteiger partial charge < -0.3 is 15.1 Å². The van der Waals surface area contributed by atoms with Gasteiger partial charge in [-0.25, -0.2) is 9.97 Å². The van der Waals surface area contributed by atoms with Crippen LogP contribution in [0.3, 0.4) is 0 Å². The molecule has 4 rings (SSSR count). The van der Waals surface area contributed by atoms with Crippen LogP contribution in [0.25, 0.3) is 17.1 Å². The number of primary amides is 1. The molecule has 1 aliphatic rings. The van der Waals surface area contributed by atoms with E-state index >= 15 is 0 Å². The summed E-state index contributed by atoms with van der Waals surface area (Å²) >= 11 is 0. The van der Waals surface area contributed by atoms with E-state index in [4.69, 9.17) is 10.2 Å². The molecule has 0 radical (unpaired) electrons. The zero-order valence-electron chi connectivity index (χ0n) is 15.3. The molecule has 0 bridgehead atoms. The number of hydrogen-bond acceptors (Lipinski definition) is 5. The Morgan fingerprint density at radius 2 is 2.00 bits per heavy atom. The van der Waals surface area contributed by atoms with Crippen LogP contribution in [0.15, 0.2) is 35.2 Å². The van der Waals surface area contributed by atoms with Crippen molar-refractivity contribution in [1.82, 2.24) is 19.3 Å². The molecule has 2 atom stereocenters. The van der Waals surface area contributed by atoms with E-state index in [0.717, 1.165) is 6.42 Å². The van der Waals surface area contributed by atoms with E-state index in [0.29, 0.717) is 42.1 Å². The summed E-state index contributed by atoms with van der Waals surface area (Å²) in [6.45, 7) is 5.68. The predicted octanol–water partition coefficient (Wildman–Crippen LogP) is 2.21. The number of aromatic nitrogens is 3. The molecule has 2 N–H and O–H groups in total. The Kier molecular flexibility index (Phi) is 4.18. The van der Waals surface area contributed by atoms with Crippen LogP contribution in [-0.2, 0) is 0 Å². The lowest BCUT2D eigenvalue weighted by Gasteiger charge is -2.35. The summed E-state index contributed by atoms with van der Waals surface area (Å²) in [5.41, 5.74) is 6.54. The van der Waals surface area contributed by atoms with E-state index in [1.807, 2.05) is 4.90 Å². The number of rotatable bonds is 3. The minimum absolute atomic E-state index is 0.0258. The number of piperidine rings is 1. The number of carbonyl (C=O) groups excluding carboxylic acids is 2. The number of carbonyl (C=O) groups is 2. The molecule has 0 aromatic carbocycles. The fraction of sp³-hybridized carbons (Fsp3) is 0.368. The van der Waals surface area contributed by atoms with Crippen LogP contribution in [0.4, 0.5) is 0 Å². The Morgan fingerprint density at radius 3 is 2.63 bits per heavy atom. The first-order valence-electron chi connectivity index (χ1n) is 8.95. The average molecular weight is 367 g/mol. The van der Waals surface area contributed by atoms with Crippen molar-refractivity contribution in [3.8, 4) is 11.5 Å². The van der Waals surface area contributed by atoms with Gasteiger partial charge in [0.2, 0.25) is 0 Å². The van der Waals surface area contributed by atoms with Crippen LogP contribution in [-0.4, -0.2) is 44.2 Å². The maximum absolute atomic E-state index is 13.3. The van der Waals surface area contributed by atoms with E-state index in [1.54, 1.807) is 18.2 Å². The minimum atomic E-state index is -0.694. The number of nitrogens with zero attached hydrogens (tertiary/aromatic N) is 4. The molecule has 140 valence electrons. The summed E-state index contributed by atoms with van der Waals surface area (Å²) in [6.07, 6.45) is 4.05. The summed E-state index contributed by atoms with van der Waals surface area (Å²) in [7, 11) is 0. The largest absolute Gasteiger partial charge is 0.463 e. The van der Waals surface area contributed by atoms with Gasteiger partial charge in [-0.2, -0.15) is 0 Å². The molecule has 8 heteroatoms. The summed E-state index contributed by atoms with van der Waals surface area (Å²) < 4.78 is 6.95. The normalized spacial score (nSPS) is 20.1. The number of imidazole rings is 1. The molecule has 1 saturated heterocycles. The van der Waals surface area contributed by atoms with Gasteiger partial charge in [-0.3, -0.25) is 14.0 Å². The van der Waals surface area contributed by atoms with E-state index in [9.17, 15) is 9.59 Å². The molecule has 0 saturated carbocycles. The monoisotopic (exact) mass is 367 g/mol. The zero-order chi connectivity index (χ0) is 19.1. The van der Waals surface area contributed by atoms with Crippen molar-refractivity contribution in [3.63, 3.8) is 0 Å². The molecule has 0 aliphatic carbocycles. The summed E-state index contributed by atoms with van der Waals surface area (Å²) in [4.78, 5) is 35.4. The van der Waals surface area contributed by atoms with E-state index in [1.165, 1.54) is 17.0 Å². The fourth-order valence-corrected chi connectivity index (χ4v) is 3.85. The van der Waals surface area contributed by atoms with Crippen molar-refractivity contribution in [2.24, 2.45) is 17.6 Å². The standard InChI is InChI=1S/C19H21N5O3/c1-11-6-12(2)9-23(8-11)19(26)14-7-13(15-4-3-5-27-15)22-18-16(17(20)25)21-10-24(14)18/h3-5,7,10-12H,6,8-9H2,1-2H3,(H2,20,25). The van der Waals surface area contributed by atoms with Crippen molar-refractivity contribution in [2.75, 3.05) is 13.1 Å². The molecule has 3 aromatic rings. The SMILES string of the molecule is CC1CC(C)CN(C(=O)c2cc(-c3ccco3)nc3c(C(N)=O)ncn23)C1. The topological polar surface area (TPSA) is 107 Å². The Hall–Kier alpha value is -3.16. The van der Waals surface area contributed by atoms with E-state index in [2.05, 4.69) is 23.8 Å². The van der Waals surface area contributed by atoms with Gasteiger partial charge in [-0.05, 0) is 36.5 Å². The van der Waals surface area contributed by atoms with Gasteiger partial charge >= 0.3 is 0 Å². The summed E-state index contributed by atoms with van der Waals surface area (Å²) in [5, 5.41) is 0. The first kappa shape index (κ1) is 17.3. The van der Waals surface area contributed by atoms with Crippen molar-refractivity contribution >= 4 is 17.5 Å². The number of likely N-dealkylation sites (tertiary alicyclic amines) is 1. The number of hydrogen-bond donors (Lipinski definition) is 1. The Bertz CT molecular complexity index is 998. The lowest BCUT2D eigenvalue weighted by molar-refractivity contribution is 0.0615. The van der Waals surface area contributed by atoms with Crippen LogP contribution in [0, 0.1) is 11.8 Å². The van der Waals surface area contributed by atoms with E-state index < -0.39 is 5.91 Å². The molecule has 4 heterocycles.